The molecule has 0 unspecified atom stereocenters. The van der Waals surface area contributed by atoms with E-state index in [1.807, 2.05) is 51.6 Å². The van der Waals surface area contributed by atoms with Gasteiger partial charge in [-0.2, -0.15) is 0 Å². The first-order valence-corrected chi connectivity index (χ1v) is 13.3. The molecule has 8 heteroatoms. The number of amides is 1. The number of hydrogen-bond acceptors (Lipinski definition) is 6. The SMILES string of the molecule is C=CCN(CC(=O)N1CCc2sccc2[C@H]1COc1cccc(F)c1)C[C@H](O)COCc1ccccc1. The van der Waals surface area contributed by atoms with Crippen molar-refractivity contribution >= 4 is 17.2 Å². The van der Waals surface area contributed by atoms with Crippen LogP contribution < -0.4 is 4.74 Å². The Morgan fingerprint density at radius 1 is 1.24 bits per heavy atom. The van der Waals surface area contributed by atoms with Gasteiger partial charge in [-0.15, -0.1) is 17.9 Å². The number of carbonyl (C=O) groups excluding carboxylic acids is 1. The number of aliphatic hydroxyl groups is 1. The molecule has 2 heterocycles. The van der Waals surface area contributed by atoms with Crippen molar-refractivity contribution in [3.05, 3.63) is 101 Å². The molecule has 2 aromatic carbocycles. The lowest BCUT2D eigenvalue weighted by Crippen LogP contribution is -2.48. The number of thiophene rings is 1. The average Bonchev–Trinajstić information content (AvgIpc) is 3.37. The van der Waals surface area contributed by atoms with Gasteiger partial charge < -0.3 is 19.5 Å². The summed E-state index contributed by atoms with van der Waals surface area (Å²) in [5.41, 5.74) is 2.11. The van der Waals surface area contributed by atoms with Crippen LogP contribution in [0.25, 0.3) is 0 Å². The van der Waals surface area contributed by atoms with Gasteiger partial charge in [0, 0.05) is 30.6 Å². The molecule has 3 aromatic rings. The van der Waals surface area contributed by atoms with E-state index in [0.717, 1.165) is 17.5 Å². The van der Waals surface area contributed by atoms with Crippen molar-refractivity contribution in [3.63, 3.8) is 0 Å². The van der Waals surface area contributed by atoms with Crippen LogP contribution in [0.1, 0.15) is 22.0 Å². The fraction of sp³-hybridized carbons (Fsp3) is 0.345. The minimum atomic E-state index is -0.742. The summed E-state index contributed by atoms with van der Waals surface area (Å²) in [5.74, 6) is 0.0160. The number of rotatable bonds is 13. The van der Waals surface area contributed by atoms with Gasteiger partial charge in [0.25, 0.3) is 0 Å². The highest BCUT2D eigenvalue weighted by atomic mass is 32.1. The van der Waals surface area contributed by atoms with E-state index in [1.165, 1.54) is 17.0 Å². The second-order valence-corrected chi connectivity index (χ2v) is 10.1. The summed E-state index contributed by atoms with van der Waals surface area (Å²) in [6.45, 7) is 6.09. The van der Waals surface area contributed by atoms with Crippen molar-refractivity contribution in [2.24, 2.45) is 0 Å². The van der Waals surface area contributed by atoms with E-state index >= 15 is 0 Å². The third kappa shape index (κ3) is 7.72. The van der Waals surface area contributed by atoms with Gasteiger partial charge in [-0.25, -0.2) is 4.39 Å². The van der Waals surface area contributed by atoms with Crippen LogP contribution in [0.5, 0.6) is 5.75 Å². The summed E-state index contributed by atoms with van der Waals surface area (Å²) in [5, 5.41) is 12.6. The fourth-order valence-corrected chi connectivity index (χ4v) is 5.44. The zero-order valence-electron chi connectivity index (χ0n) is 20.8. The van der Waals surface area contributed by atoms with Crippen LogP contribution in [0.15, 0.2) is 78.7 Å². The molecule has 0 aliphatic carbocycles. The van der Waals surface area contributed by atoms with Crippen LogP contribution in [0.2, 0.25) is 0 Å². The number of benzene rings is 2. The standard InChI is InChI=1S/C29H33FN2O4S/c1-2-13-31(17-24(33)20-35-19-22-7-4-3-5-8-22)18-29(34)32-14-11-28-26(12-15-37-28)27(32)21-36-25-10-6-9-23(30)16-25/h2-10,12,15-16,24,27,33H,1,11,13-14,17-21H2/t24-,27+/m0/s1. The normalized spacial score (nSPS) is 15.9. The lowest BCUT2D eigenvalue weighted by molar-refractivity contribution is -0.136. The quantitative estimate of drug-likeness (QED) is 0.335. The lowest BCUT2D eigenvalue weighted by Gasteiger charge is -2.37. The molecular formula is C29H33FN2O4S. The number of nitrogens with zero attached hydrogens (tertiary/aromatic N) is 2. The molecule has 0 fully saturated rings. The fourth-order valence-electron chi connectivity index (χ4n) is 4.51. The molecular weight excluding hydrogens is 491 g/mol. The third-order valence-electron chi connectivity index (χ3n) is 6.26. The minimum absolute atomic E-state index is 0.0519. The number of hydrogen-bond donors (Lipinski definition) is 1. The summed E-state index contributed by atoms with van der Waals surface area (Å²) in [6.07, 6.45) is 1.77. The van der Waals surface area contributed by atoms with Gasteiger partial charge in [0.1, 0.15) is 18.2 Å². The Morgan fingerprint density at radius 3 is 2.86 bits per heavy atom. The Morgan fingerprint density at radius 2 is 2.08 bits per heavy atom. The second kappa shape index (κ2) is 13.5. The molecule has 1 amide bonds. The molecule has 0 saturated heterocycles. The monoisotopic (exact) mass is 524 g/mol. The number of ether oxygens (including phenoxy) is 2. The maximum atomic E-state index is 13.6. The van der Waals surface area contributed by atoms with Crippen molar-refractivity contribution < 1.29 is 23.8 Å². The first-order chi connectivity index (χ1) is 18.0. The molecule has 196 valence electrons. The molecule has 0 saturated carbocycles. The zero-order valence-corrected chi connectivity index (χ0v) is 21.6. The minimum Gasteiger partial charge on any atom is -0.491 e. The van der Waals surface area contributed by atoms with Crippen LogP contribution in [0.4, 0.5) is 4.39 Å². The largest absolute Gasteiger partial charge is 0.491 e. The number of fused-ring (bicyclic) bond motifs is 1. The first kappa shape index (κ1) is 27.0. The van der Waals surface area contributed by atoms with Gasteiger partial charge in [0.05, 0.1) is 31.9 Å². The van der Waals surface area contributed by atoms with Gasteiger partial charge in [-0.05, 0) is 41.1 Å². The molecule has 0 spiro atoms. The molecule has 1 aromatic heterocycles. The summed E-state index contributed by atoms with van der Waals surface area (Å²) in [6, 6.07) is 17.6. The van der Waals surface area contributed by atoms with Crippen molar-refractivity contribution in [3.8, 4) is 5.75 Å². The van der Waals surface area contributed by atoms with Gasteiger partial charge in [-0.1, -0.05) is 42.5 Å². The Hall–Kier alpha value is -3.04. The van der Waals surface area contributed by atoms with Crippen LogP contribution in [0, 0.1) is 5.82 Å². The number of halogens is 1. The van der Waals surface area contributed by atoms with E-state index in [-0.39, 0.29) is 44.1 Å². The highest BCUT2D eigenvalue weighted by molar-refractivity contribution is 7.10. The van der Waals surface area contributed by atoms with Crippen molar-refractivity contribution in [1.82, 2.24) is 9.80 Å². The Labute approximate surface area is 221 Å². The van der Waals surface area contributed by atoms with Gasteiger partial charge >= 0.3 is 0 Å². The predicted molar refractivity (Wildman–Crippen MR) is 143 cm³/mol. The van der Waals surface area contributed by atoms with Crippen LogP contribution in [-0.4, -0.2) is 66.3 Å². The van der Waals surface area contributed by atoms with E-state index in [0.29, 0.717) is 25.4 Å². The first-order valence-electron chi connectivity index (χ1n) is 12.4. The molecule has 1 N–H and O–H groups in total. The van der Waals surface area contributed by atoms with Crippen LogP contribution >= 0.6 is 11.3 Å². The summed E-state index contributed by atoms with van der Waals surface area (Å²) >= 11 is 1.68. The van der Waals surface area contributed by atoms with E-state index in [1.54, 1.807) is 29.5 Å². The molecule has 0 bridgehead atoms. The van der Waals surface area contributed by atoms with Crippen molar-refractivity contribution in [1.29, 1.82) is 0 Å². The molecule has 4 rings (SSSR count). The third-order valence-corrected chi connectivity index (χ3v) is 7.25. The van der Waals surface area contributed by atoms with E-state index in [2.05, 4.69) is 6.58 Å². The molecule has 0 radical (unpaired) electrons. The molecule has 1 aliphatic rings. The predicted octanol–water partition coefficient (Wildman–Crippen LogP) is 4.46. The van der Waals surface area contributed by atoms with Crippen molar-refractivity contribution in [2.45, 2.75) is 25.2 Å². The maximum Gasteiger partial charge on any atom is 0.237 e. The zero-order chi connectivity index (χ0) is 26.0. The average molecular weight is 525 g/mol. The maximum absolute atomic E-state index is 13.6. The van der Waals surface area contributed by atoms with Gasteiger partial charge in [0.2, 0.25) is 5.91 Å². The Balaban J connectivity index is 1.36. The molecule has 37 heavy (non-hydrogen) atoms. The molecule has 6 nitrogen and oxygen atoms in total. The summed E-state index contributed by atoms with van der Waals surface area (Å²) in [7, 11) is 0. The number of aliphatic hydroxyl groups excluding tert-OH is 1. The van der Waals surface area contributed by atoms with E-state index in [4.69, 9.17) is 9.47 Å². The Kier molecular flexibility index (Phi) is 9.85. The number of carbonyl (C=O) groups is 1. The summed E-state index contributed by atoms with van der Waals surface area (Å²) < 4.78 is 25.2. The van der Waals surface area contributed by atoms with E-state index < -0.39 is 6.10 Å². The summed E-state index contributed by atoms with van der Waals surface area (Å²) in [4.78, 5) is 18.4. The topological polar surface area (TPSA) is 62.2 Å². The van der Waals surface area contributed by atoms with Gasteiger partial charge in [-0.3, -0.25) is 9.69 Å². The smallest absolute Gasteiger partial charge is 0.237 e. The highest BCUT2D eigenvalue weighted by Gasteiger charge is 2.33. The second-order valence-electron chi connectivity index (χ2n) is 9.06. The van der Waals surface area contributed by atoms with Gasteiger partial charge in [0.15, 0.2) is 0 Å². The van der Waals surface area contributed by atoms with E-state index in [9.17, 15) is 14.3 Å². The highest BCUT2D eigenvalue weighted by Crippen LogP contribution is 2.34. The van der Waals surface area contributed by atoms with Crippen molar-refractivity contribution in [2.75, 3.05) is 39.4 Å². The van der Waals surface area contributed by atoms with Crippen LogP contribution in [-0.2, 0) is 22.6 Å². The molecule has 1 aliphatic heterocycles. The molecule has 2 atom stereocenters. The Bertz CT molecular complexity index is 1160. The van der Waals surface area contributed by atoms with Crippen LogP contribution in [0.3, 0.4) is 0 Å². The lowest BCUT2D eigenvalue weighted by atomic mass is 10.0.